The summed E-state index contributed by atoms with van der Waals surface area (Å²) in [5.41, 5.74) is 12.2. The van der Waals surface area contributed by atoms with Crippen LogP contribution in [0, 0.1) is 12.8 Å². The molecule has 1 saturated heterocycles. The Hall–Kier alpha value is -2.37. The van der Waals surface area contributed by atoms with E-state index in [9.17, 15) is 14.4 Å². The van der Waals surface area contributed by atoms with Gasteiger partial charge in [-0.15, -0.1) is 0 Å². The van der Waals surface area contributed by atoms with Gasteiger partial charge in [0.15, 0.2) is 0 Å². The van der Waals surface area contributed by atoms with E-state index in [4.69, 9.17) is 11.5 Å². The highest BCUT2D eigenvalue weighted by Gasteiger charge is 2.34. The molecule has 0 saturated carbocycles. The molecule has 0 unspecified atom stereocenters. The first kappa shape index (κ1) is 13.1. The van der Waals surface area contributed by atoms with E-state index in [1.54, 1.807) is 25.1 Å². The first-order chi connectivity index (χ1) is 8.90. The van der Waals surface area contributed by atoms with Gasteiger partial charge in [0.25, 0.3) is 0 Å². The zero-order valence-corrected chi connectivity index (χ0v) is 10.6. The Balaban J connectivity index is 2.30. The Morgan fingerprint density at radius 1 is 1.32 bits per heavy atom. The van der Waals surface area contributed by atoms with Crippen molar-refractivity contribution in [2.45, 2.75) is 13.3 Å². The molecule has 1 aromatic carbocycles. The molecule has 4 N–H and O–H groups in total. The van der Waals surface area contributed by atoms with Crippen LogP contribution < -0.4 is 16.4 Å². The molecule has 2 rings (SSSR count). The highest BCUT2D eigenvalue weighted by Crippen LogP contribution is 2.28. The quantitative estimate of drug-likeness (QED) is 0.795. The zero-order chi connectivity index (χ0) is 14.2. The Bertz CT molecular complexity index is 568. The van der Waals surface area contributed by atoms with E-state index >= 15 is 0 Å². The van der Waals surface area contributed by atoms with Crippen molar-refractivity contribution in [1.29, 1.82) is 0 Å². The molecular formula is C13H15N3O3. The molecule has 0 radical (unpaired) electrons. The number of rotatable bonds is 3. The number of primary amides is 2. The van der Waals surface area contributed by atoms with Gasteiger partial charge < -0.3 is 16.4 Å². The average Bonchev–Trinajstić information content (AvgIpc) is 2.71. The van der Waals surface area contributed by atoms with Gasteiger partial charge >= 0.3 is 0 Å². The van der Waals surface area contributed by atoms with Crippen LogP contribution in [0.1, 0.15) is 22.3 Å². The molecule has 1 atom stereocenters. The van der Waals surface area contributed by atoms with Gasteiger partial charge in [0.1, 0.15) is 0 Å². The summed E-state index contributed by atoms with van der Waals surface area (Å²) in [6, 6.07) is 4.86. The lowest BCUT2D eigenvalue weighted by molar-refractivity contribution is -0.123. The van der Waals surface area contributed by atoms with Gasteiger partial charge in [-0.25, -0.2) is 0 Å². The van der Waals surface area contributed by atoms with Crippen LogP contribution in [-0.4, -0.2) is 24.3 Å². The van der Waals surface area contributed by atoms with E-state index in [1.165, 1.54) is 4.90 Å². The summed E-state index contributed by atoms with van der Waals surface area (Å²) in [4.78, 5) is 35.6. The lowest BCUT2D eigenvalue weighted by Gasteiger charge is -2.19. The molecule has 100 valence electrons. The van der Waals surface area contributed by atoms with E-state index in [0.717, 1.165) is 5.56 Å². The molecule has 0 aliphatic carbocycles. The molecule has 1 aliphatic rings. The summed E-state index contributed by atoms with van der Waals surface area (Å²) in [7, 11) is 0. The molecule has 1 aromatic rings. The largest absolute Gasteiger partial charge is 0.369 e. The molecular weight excluding hydrogens is 246 g/mol. The maximum atomic E-state index is 11.9. The molecule has 1 heterocycles. The second kappa shape index (κ2) is 4.72. The average molecular weight is 261 g/mol. The topological polar surface area (TPSA) is 106 Å². The first-order valence-electron chi connectivity index (χ1n) is 5.90. The molecule has 6 nitrogen and oxygen atoms in total. The first-order valence-corrected chi connectivity index (χ1v) is 5.90. The number of aryl methyl sites for hydroxylation is 1. The van der Waals surface area contributed by atoms with Crippen molar-refractivity contribution in [2.24, 2.45) is 17.4 Å². The fourth-order valence-corrected chi connectivity index (χ4v) is 2.24. The fraction of sp³-hybridized carbons (Fsp3) is 0.308. The van der Waals surface area contributed by atoms with E-state index in [1.807, 2.05) is 0 Å². The predicted octanol–water partition coefficient (Wildman–Crippen LogP) is -0.0679. The maximum absolute atomic E-state index is 11.9. The van der Waals surface area contributed by atoms with Gasteiger partial charge in [-0.05, 0) is 30.7 Å². The molecule has 0 aromatic heterocycles. The van der Waals surface area contributed by atoms with Crippen molar-refractivity contribution in [3.05, 3.63) is 29.3 Å². The van der Waals surface area contributed by atoms with Crippen LogP contribution in [0.15, 0.2) is 18.2 Å². The minimum absolute atomic E-state index is 0.131. The fourth-order valence-electron chi connectivity index (χ4n) is 2.24. The Labute approximate surface area is 110 Å². The Morgan fingerprint density at radius 2 is 2.00 bits per heavy atom. The van der Waals surface area contributed by atoms with Gasteiger partial charge in [-0.1, -0.05) is 0 Å². The minimum atomic E-state index is -0.516. The van der Waals surface area contributed by atoms with Crippen molar-refractivity contribution < 1.29 is 14.4 Å². The number of nitrogens with two attached hydrogens (primary N) is 2. The lowest BCUT2D eigenvalue weighted by atomic mass is 10.1. The number of amides is 3. The number of hydrogen-bond acceptors (Lipinski definition) is 3. The van der Waals surface area contributed by atoms with Gasteiger partial charge in [-0.3, -0.25) is 14.4 Å². The van der Waals surface area contributed by atoms with Crippen LogP contribution in [0.5, 0.6) is 0 Å². The molecule has 0 spiro atoms. The summed E-state index contributed by atoms with van der Waals surface area (Å²) in [6.45, 7) is 2.07. The third-order valence-electron chi connectivity index (χ3n) is 3.30. The molecule has 1 aliphatic heterocycles. The summed E-state index contributed by atoms with van der Waals surface area (Å²) in [5, 5.41) is 0. The number of anilines is 1. The molecule has 6 heteroatoms. The lowest BCUT2D eigenvalue weighted by Crippen LogP contribution is -2.29. The van der Waals surface area contributed by atoms with Crippen LogP contribution in [0.2, 0.25) is 0 Å². The number of nitrogens with zero attached hydrogens (tertiary/aromatic N) is 1. The normalized spacial score (nSPS) is 18.7. The molecule has 1 fully saturated rings. The SMILES string of the molecule is Cc1cc(C(N)=O)ccc1N1C[C@H](C(N)=O)CC1=O. The highest BCUT2D eigenvalue weighted by atomic mass is 16.2. The van der Waals surface area contributed by atoms with Gasteiger partial charge in [0.2, 0.25) is 17.7 Å². The summed E-state index contributed by atoms with van der Waals surface area (Å²) >= 11 is 0. The van der Waals surface area contributed by atoms with Crippen molar-refractivity contribution in [2.75, 3.05) is 11.4 Å². The number of benzene rings is 1. The van der Waals surface area contributed by atoms with E-state index in [0.29, 0.717) is 11.3 Å². The summed E-state index contributed by atoms with van der Waals surface area (Å²) in [5.74, 6) is -1.58. The van der Waals surface area contributed by atoms with Crippen molar-refractivity contribution in [3.8, 4) is 0 Å². The predicted molar refractivity (Wildman–Crippen MR) is 69.4 cm³/mol. The van der Waals surface area contributed by atoms with Crippen molar-refractivity contribution in [3.63, 3.8) is 0 Å². The standard InChI is InChI=1S/C13H15N3O3/c1-7-4-8(12(14)18)2-3-10(7)16-6-9(13(15)19)5-11(16)17/h2-4,9H,5-6H2,1H3,(H2,14,18)(H2,15,19)/t9-/m1/s1. The number of carbonyl (C=O) groups is 3. The number of carbonyl (C=O) groups excluding carboxylic acids is 3. The minimum Gasteiger partial charge on any atom is -0.369 e. The summed E-state index contributed by atoms with van der Waals surface area (Å²) < 4.78 is 0. The van der Waals surface area contributed by atoms with Crippen molar-refractivity contribution in [1.82, 2.24) is 0 Å². The van der Waals surface area contributed by atoms with E-state index in [2.05, 4.69) is 0 Å². The van der Waals surface area contributed by atoms with Crippen LogP contribution in [0.4, 0.5) is 5.69 Å². The van der Waals surface area contributed by atoms with Crippen LogP contribution in [0.25, 0.3) is 0 Å². The van der Waals surface area contributed by atoms with Crippen molar-refractivity contribution >= 4 is 23.4 Å². The third kappa shape index (κ3) is 2.42. The van der Waals surface area contributed by atoms with Crippen LogP contribution in [-0.2, 0) is 9.59 Å². The molecule has 3 amide bonds. The van der Waals surface area contributed by atoms with Gasteiger partial charge in [0, 0.05) is 24.2 Å². The zero-order valence-electron chi connectivity index (χ0n) is 10.6. The molecule has 19 heavy (non-hydrogen) atoms. The monoisotopic (exact) mass is 261 g/mol. The Kier molecular flexibility index (Phi) is 3.25. The van der Waals surface area contributed by atoms with E-state index < -0.39 is 17.7 Å². The number of hydrogen-bond donors (Lipinski definition) is 2. The van der Waals surface area contributed by atoms with Gasteiger partial charge in [-0.2, -0.15) is 0 Å². The second-order valence-electron chi connectivity index (χ2n) is 4.67. The molecule has 0 bridgehead atoms. The van der Waals surface area contributed by atoms with E-state index in [-0.39, 0.29) is 18.9 Å². The highest BCUT2D eigenvalue weighted by molar-refractivity contribution is 6.01. The van der Waals surface area contributed by atoms with Crippen LogP contribution >= 0.6 is 0 Å². The maximum Gasteiger partial charge on any atom is 0.248 e. The van der Waals surface area contributed by atoms with Gasteiger partial charge in [0.05, 0.1) is 5.92 Å². The smallest absolute Gasteiger partial charge is 0.248 e. The van der Waals surface area contributed by atoms with Crippen LogP contribution in [0.3, 0.4) is 0 Å². The Morgan fingerprint density at radius 3 is 2.47 bits per heavy atom. The third-order valence-corrected chi connectivity index (χ3v) is 3.30. The second-order valence-corrected chi connectivity index (χ2v) is 4.67. The summed E-state index contributed by atoms with van der Waals surface area (Å²) in [6.07, 6.45) is 0.131.